The van der Waals surface area contributed by atoms with Gasteiger partial charge in [0.25, 0.3) is 0 Å². The monoisotopic (exact) mass is 311 g/mol. The molecule has 3 atom stereocenters. The molecular formula is C14H21N3O5. The van der Waals surface area contributed by atoms with E-state index < -0.39 is 18.2 Å². The van der Waals surface area contributed by atoms with E-state index in [0.717, 1.165) is 12.8 Å². The molecule has 0 aliphatic carbocycles. The molecular weight excluding hydrogens is 290 g/mol. The van der Waals surface area contributed by atoms with Crippen molar-refractivity contribution in [2.45, 2.75) is 39.2 Å². The molecule has 0 spiro atoms. The summed E-state index contributed by atoms with van der Waals surface area (Å²) in [5.74, 6) is -0.0785. The van der Waals surface area contributed by atoms with Crippen LogP contribution >= 0.6 is 0 Å². The molecule has 1 aliphatic heterocycles. The number of carbonyl (C=O) groups excluding carboxylic acids is 1. The van der Waals surface area contributed by atoms with Crippen LogP contribution in [0.4, 0.5) is 5.82 Å². The van der Waals surface area contributed by atoms with Gasteiger partial charge >= 0.3 is 5.69 Å². The first-order chi connectivity index (χ1) is 10.5. The summed E-state index contributed by atoms with van der Waals surface area (Å²) in [6.45, 7) is 3.72. The minimum Gasteiger partial charge on any atom is -0.391 e. The molecule has 1 aromatic rings. The summed E-state index contributed by atoms with van der Waals surface area (Å²) in [6.07, 6.45) is 1.82. The van der Waals surface area contributed by atoms with Crippen LogP contribution in [-0.4, -0.2) is 40.1 Å². The van der Waals surface area contributed by atoms with Crippen LogP contribution in [0.3, 0.4) is 0 Å². The molecule has 122 valence electrons. The molecule has 1 aromatic heterocycles. The van der Waals surface area contributed by atoms with E-state index in [9.17, 15) is 9.59 Å². The van der Waals surface area contributed by atoms with Gasteiger partial charge in [-0.1, -0.05) is 20.3 Å². The quantitative estimate of drug-likeness (QED) is 0.792. The van der Waals surface area contributed by atoms with Crippen molar-refractivity contribution in [2.24, 2.45) is 5.92 Å². The van der Waals surface area contributed by atoms with Gasteiger partial charge in [-0.3, -0.25) is 9.36 Å². The lowest BCUT2D eigenvalue weighted by Crippen LogP contribution is -2.30. The molecule has 0 saturated carbocycles. The van der Waals surface area contributed by atoms with E-state index in [2.05, 4.69) is 10.3 Å². The van der Waals surface area contributed by atoms with Gasteiger partial charge in [0.05, 0.1) is 13.2 Å². The van der Waals surface area contributed by atoms with Crippen molar-refractivity contribution in [1.29, 1.82) is 0 Å². The number of nitrogens with one attached hydrogen (secondary N) is 1. The molecule has 0 aromatic carbocycles. The Morgan fingerprint density at radius 3 is 3.00 bits per heavy atom. The fourth-order valence-electron chi connectivity index (χ4n) is 2.20. The van der Waals surface area contributed by atoms with Crippen LogP contribution in [-0.2, 0) is 14.3 Å². The van der Waals surface area contributed by atoms with Gasteiger partial charge in [0, 0.05) is 12.1 Å². The number of aromatic nitrogens is 2. The van der Waals surface area contributed by atoms with Crippen LogP contribution in [0.15, 0.2) is 17.1 Å². The van der Waals surface area contributed by atoms with Gasteiger partial charge in [-0.25, -0.2) is 4.79 Å². The smallest absolute Gasteiger partial charge is 0.351 e. The molecule has 8 nitrogen and oxygen atoms in total. The van der Waals surface area contributed by atoms with Gasteiger partial charge in [-0.15, -0.1) is 0 Å². The number of aliphatic hydroxyl groups excluding tert-OH is 1. The van der Waals surface area contributed by atoms with Crippen LogP contribution in [0.2, 0.25) is 0 Å². The molecule has 22 heavy (non-hydrogen) atoms. The first-order valence-electron chi connectivity index (χ1n) is 7.33. The Morgan fingerprint density at radius 1 is 1.64 bits per heavy atom. The fraction of sp³-hybridized carbons (Fsp3) is 0.643. The van der Waals surface area contributed by atoms with E-state index >= 15 is 0 Å². The highest BCUT2D eigenvalue weighted by molar-refractivity contribution is 5.91. The van der Waals surface area contributed by atoms with E-state index in [1.807, 2.05) is 13.8 Å². The molecule has 1 saturated heterocycles. The highest BCUT2D eigenvalue weighted by Gasteiger charge is 2.27. The number of amides is 1. The maximum absolute atomic E-state index is 12.0. The zero-order chi connectivity index (χ0) is 16.1. The Balaban J connectivity index is 2.04. The molecule has 8 heteroatoms. The van der Waals surface area contributed by atoms with Crippen LogP contribution in [0.1, 0.15) is 32.9 Å². The lowest BCUT2D eigenvalue weighted by atomic mass is 10.1. The number of nitrogens with zero attached hydrogens (tertiary/aromatic N) is 2. The summed E-state index contributed by atoms with van der Waals surface area (Å²) in [5.41, 5.74) is -0.548. The van der Waals surface area contributed by atoms with Gasteiger partial charge in [-0.05, 0) is 12.5 Å². The van der Waals surface area contributed by atoms with Crippen LogP contribution in [0.5, 0.6) is 0 Å². The molecule has 1 aliphatic rings. The SMILES string of the molecule is CCCC(C)C(=O)Nc1ccn(C2COC(CO)O2)c(=O)n1. The van der Waals surface area contributed by atoms with Crippen molar-refractivity contribution >= 4 is 11.7 Å². The third kappa shape index (κ3) is 3.90. The number of ether oxygens (including phenoxy) is 2. The first kappa shape index (κ1) is 16.6. The van der Waals surface area contributed by atoms with Crippen LogP contribution in [0.25, 0.3) is 0 Å². The Morgan fingerprint density at radius 2 is 2.41 bits per heavy atom. The Labute approximate surface area is 128 Å². The third-order valence-corrected chi connectivity index (χ3v) is 3.44. The predicted molar refractivity (Wildman–Crippen MR) is 78.1 cm³/mol. The second-order valence-corrected chi connectivity index (χ2v) is 5.22. The van der Waals surface area contributed by atoms with Gasteiger partial charge < -0.3 is 19.9 Å². The summed E-state index contributed by atoms with van der Waals surface area (Å²) in [6, 6.07) is 1.54. The summed E-state index contributed by atoms with van der Waals surface area (Å²) in [5, 5.41) is 11.6. The highest BCUT2D eigenvalue weighted by Crippen LogP contribution is 2.19. The van der Waals surface area contributed by atoms with Crippen LogP contribution in [0, 0.1) is 5.92 Å². The number of carbonyl (C=O) groups is 1. The van der Waals surface area contributed by atoms with Crippen molar-refractivity contribution in [3.05, 3.63) is 22.7 Å². The van der Waals surface area contributed by atoms with Crippen molar-refractivity contribution in [3.8, 4) is 0 Å². The predicted octanol–water partition coefficient (Wildman–Crippen LogP) is 0.482. The van der Waals surface area contributed by atoms with Crippen LogP contribution < -0.4 is 11.0 Å². The van der Waals surface area contributed by atoms with Gasteiger partial charge in [-0.2, -0.15) is 4.98 Å². The van der Waals surface area contributed by atoms with Crippen molar-refractivity contribution in [2.75, 3.05) is 18.5 Å². The lowest BCUT2D eigenvalue weighted by molar-refractivity contribution is -0.119. The Hall–Kier alpha value is -1.77. The summed E-state index contributed by atoms with van der Waals surface area (Å²) in [4.78, 5) is 27.7. The average molecular weight is 311 g/mol. The average Bonchev–Trinajstić information content (AvgIpc) is 2.96. The normalized spacial score (nSPS) is 22.5. The standard InChI is InChI=1S/C14H21N3O5/c1-3-4-9(2)13(19)15-10-5-6-17(14(20)16-10)11-8-21-12(7-18)22-11/h5-6,9,11-12,18H,3-4,7-8H2,1-2H3,(H,15,16,19,20). The highest BCUT2D eigenvalue weighted by atomic mass is 16.7. The second-order valence-electron chi connectivity index (χ2n) is 5.22. The second kappa shape index (κ2) is 7.48. The minimum atomic E-state index is -0.730. The Kier molecular flexibility index (Phi) is 5.64. The largest absolute Gasteiger partial charge is 0.391 e. The van der Waals surface area contributed by atoms with E-state index in [4.69, 9.17) is 14.6 Å². The molecule has 2 N–H and O–H groups in total. The number of rotatable bonds is 6. The number of aliphatic hydroxyl groups is 1. The summed E-state index contributed by atoms with van der Waals surface area (Å²) >= 11 is 0. The topological polar surface area (TPSA) is 103 Å². The summed E-state index contributed by atoms with van der Waals surface area (Å²) < 4.78 is 11.7. The van der Waals surface area contributed by atoms with E-state index in [1.165, 1.54) is 16.8 Å². The van der Waals surface area contributed by atoms with E-state index in [0.29, 0.717) is 0 Å². The minimum absolute atomic E-state index is 0.133. The molecule has 3 unspecified atom stereocenters. The van der Waals surface area contributed by atoms with E-state index in [1.54, 1.807) is 0 Å². The maximum Gasteiger partial charge on any atom is 0.351 e. The van der Waals surface area contributed by atoms with Crippen molar-refractivity contribution in [3.63, 3.8) is 0 Å². The molecule has 0 bridgehead atoms. The van der Waals surface area contributed by atoms with E-state index in [-0.39, 0.29) is 30.9 Å². The maximum atomic E-state index is 12.0. The zero-order valence-electron chi connectivity index (χ0n) is 12.7. The fourth-order valence-corrected chi connectivity index (χ4v) is 2.20. The van der Waals surface area contributed by atoms with Gasteiger partial charge in [0.15, 0.2) is 12.5 Å². The first-order valence-corrected chi connectivity index (χ1v) is 7.33. The molecule has 0 radical (unpaired) electrons. The molecule has 2 rings (SSSR count). The Bertz CT molecular complexity index is 574. The van der Waals surface area contributed by atoms with Crippen molar-refractivity contribution < 1.29 is 19.4 Å². The zero-order valence-corrected chi connectivity index (χ0v) is 12.7. The number of anilines is 1. The molecule has 1 fully saturated rings. The number of hydrogen-bond donors (Lipinski definition) is 2. The number of hydrogen-bond acceptors (Lipinski definition) is 6. The third-order valence-electron chi connectivity index (χ3n) is 3.44. The molecule has 2 heterocycles. The van der Waals surface area contributed by atoms with Gasteiger partial charge in [0.2, 0.25) is 5.91 Å². The van der Waals surface area contributed by atoms with Gasteiger partial charge in [0.1, 0.15) is 5.82 Å². The summed E-state index contributed by atoms with van der Waals surface area (Å²) in [7, 11) is 0. The lowest BCUT2D eigenvalue weighted by Gasteiger charge is -2.14. The molecule has 1 amide bonds. The van der Waals surface area contributed by atoms with Crippen molar-refractivity contribution in [1.82, 2.24) is 9.55 Å².